The van der Waals surface area contributed by atoms with Crippen LogP contribution in [0.1, 0.15) is 77.5 Å². The molecule has 8 nitrogen and oxygen atoms in total. The summed E-state index contributed by atoms with van der Waals surface area (Å²) in [5.41, 5.74) is 2.00. The zero-order chi connectivity index (χ0) is 27.1. The second kappa shape index (κ2) is 12.7. The third kappa shape index (κ3) is 8.43. The van der Waals surface area contributed by atoms with Crippen LogP contribution in [0.3, 0.4) is 0 Å². The minimum absolute atomic E-state index is 0.121. The normalized spacial score (nSPS) is 15.6. The average Bonchev–Trinajstić information content (AvgIpc) is 2.80. The lowest BCUT2D eigenvalue weighted by atomic mass is 9.76. The number of benzene rings is 1. The topological polar surface area (TPSA) is 109 Å². The van der Waals surface area contributed by atoms with Crippen molar-refractivity contribution in [2.75, 3.05) is 32.1 Å². The number of unbranched alkanes of at least 4 members (excludes halogenated alkanes) is 2. The summed E-state index contributed by atoms with van der Waals surface area (Å²) in [6.07, 6.45) is 5.78. The first-order valence-electron chi connectivity index (χ1n) is 13.1. The molecule has 0 saturated heterocycles. The maximum Gasteiger partial charge on any atom is 0.305 e. The summed E-state index contributed by atoms with van der Waals surface area (Å²) in [5, 5.41) is 0.897. The molecule has 2 aliphatic carbocycles. The van der Waals surface area contributed by atoms with Crippen LogP contribution >= 0.6 is 0 Å². The molecule has 0 unspecified atom stereocenters. The average molecular weight is 534 g/mol. The van der Waals surface area contributed by atoms with Crippen LogP contribution in [0.25, 0.3) is 17.4 Å². The molecule has 0 atom stereocenters. The largest absolute Gasteiger partial charge is 0.748 e. The minimum Gasteiger partial charge on any atom is -0.748 e. The molecule has 0 aromatic carbocycles. The third-order valence-corrected chi connectivity index (χ3v) is 7.34. The Kier molecular flexibility index (Phi) is 9.95. The van der Waals surface area contributed by atoms with Crippen molar-refractivity contribution in [2.45, 2.75) is 71.6 Å². The smallest absolute Gasteiger partial charge is 0.305 e. The summed E-state index contributed by atoms with van der Waals surface area (Å²) >= 11 is 0. The number of esters is 1. The lowest BCUT2D eigenvalue weighted by Gasteiger charge is -2.32. The van der Waals surface area contributed by atoms with E-state index >= 15 is 0 Å². The summed E-state index contributed by atoms with van der Waals surface area (Å²) in [7, 11) is -4.28. The fourth-order valence-corrected chi connectivity index (χ4v) is 5.24. The van der Waals surface area contributed by atoms with Crippen LogP contribution in [0, 0.1) is 0 Å². The van der Waals surface area contributed by atoms with Crippen molar-refractivity contribution >= 4 is 22.2 Å². The van der Waals surface area contributed by atoms with Crippen molar-refractivity contribution < 1.29 is 31.7 Å². The van der Waals surface area contributed by atoms with Gasteiger partial charge in [-0.2, -0.15) is 0 Å². The first-order chi connectivity index (χ1) is 17.5. The van der Waals surface area contributed by atoms with Gasteiger partial charge in [-0.15, -0.1) is 0 Å². The third-order valence-electron chi connectivity index (χ3n) is 6.55. The molecule has 1 heterocycles. The van der Waals surface area contributed by atoms with Gasteiger partial charge in [-0.05, 0) is 38.8 Å². The van der Waals surface area contributed by atoms with Crippen LogP contribution in [0.4, 0.5) is 0 Å². The molecular formula is C28H39NO7S. The molecule has 0 aromatic rings. The highest BCUT2D eigenvalue weighted by Crippen LogP contribution is 2.41. The number of carbonyl (C=O) groups is 1. The molecule has 0 amide bonds. The molecule has 37 heavy (non-hydrogen) atoms. The zero-order valence-corrected chi connectivity index (χ0v) is 23.2. The fourth-order valence-electron chi connectivity index (χ4n) is 4.75. The van der Waals surface area contributed by atoms with E-state index in [-0.39, 0.29) is 17.8 Å². The van der Waals surface area contributed by atoms with Gasteiger partial charge >= 0.3 is 5.97 Å². The number of hydrogen-bond donors (Lipinski definition) is 0. The van der Waals surface area contributed by atoms with E-state index < -0.39 is 15.9 Å². The molecule has 0 radical (unpaired) electrons. The Morgan fingerprint density at radius 1 is 1.08 bits per heavy atom. The number of fused-ring (bicyclic) bond motifs is 2. The highest BCUT2D eigenvalue weighted by Gasteiger charge is 2.32. The molecule has 0 bridgehead atoms. The summed E-state index contributed by atoms with van der Waals surface area (Å²) in [6.45, 7) is 10.2. The van der Waals surface area contributed by atoms with Crippen LogP contribution in [-0.2, 0) is 29.8 Å². The van der Waals surface area contributed by atoms with E-state index in [9.17, 15) is 17.8 Å². The molecular weight excluding hydrogens is 494 g/mol. The summed E-state index contributed by atoms with van der Waals surface area (Å²) in [4.78, 5) is 11.6. The summed E-state index contributed by atoms with van der Waals surface area (Å²) in [6, 6.07) is 8.16. The van der Waals surface area contributed by atoms with Crippen molar-refractivity contribution in [3.63, 3.8) is 0 Å². The lowest BCUT2D eigenvalue weighted by molar-refractivity contribution is -0.143. The quantitative estimate of drug-likeness (QED) is 0.164. The molecule has 0 N–H and O–H groups in total. The van der Waals surface area contributed by atoms with Gasteiger partial charge in [0.15, 0.2) is 0 Å². The van der Waals surface area contributed by atoms with Gasteiger partial charge in [0, 0.05) is 60.1 Å². The molecule has 0 aromatic heterocycles. The van der Waals surface area contributed by atoms with Crippen LogP contribution in [0.2, 0.25) is 0 Å². The molecule has 0 saturated carbocycles. The Morgan fingerprint density at radius 2 is 1.84 bits per heavy atom. The predicted molar refractivity (Wildman–Crippen MR) is 142 cm³/mol. The second-order valence-electron chi connectivity index (χ2n) is 10.1. The Bertz CT molecular complexity index is 1260. The first-order valence-corrected chi connectivity index (χ1v) is 14.7. The number of ether oxygens (including phenoxy) is 2. The zero-order valence-electron chi connectivity index (χ0n) is 22.4. The minimum atomic E-state index is -4.28. The standard InChI is InChI=1S/C28H39NO7S/c1-5-34-23-19-26-24(28(3,4)20-23)17-21-12-13-22(18-25(21)36-26)29(15-10-16-37(31,32)33)14-9-7-8-11-27(30)35-6-2/h12-13,17-19H,5-11,14-16,20H2,1-4H3. The van der Waals surface area contributed by atoms with Gasteiger partial charge in [-0.25, -0.2) is 13.0 Å². The maximum atomic E-state index is 11.6. The van der Waals surface area contributed by atoms with Gasteiger partial charge < -0.3 is 18.4 Å². The molecule has 3 aliphatic rings. The molecule has 0 spiro atoms. The van der Waals surface area contributed by atoms with Crippen molar-refractivity contribution in [3.05, 3.63) is 46.7 Å². The molecule has 0 fully saturated rings. The van der Waals surface area contributed by atoms with E-state index in [0.717, 1.165) is 59.4 Å². The van der Waals surface area contributed by atoms with Gasteiger partial charge in [0.1, 0.15) is 30.4 Å². The first kappa shape index (κ1) is 28.9. The summed E-state index contributed by atoms with van der Waals surface area (Å²) in [5.74, 6) is 1.82. The Hall–Kier alpha value is -2.65. The van der Waals surface area contributed by atoms with E-state index in [1.807, 2.05) is 31.2 Å². The van der Waals surface area contributed by atoms with Crippen molar-refractivity contribution in [2.24, 2.45) is 0 Å². The monoisotopic (exact) mass is 533 g/mol. The molecule has 1 aliphatic heterocycles. The SMILES string of the molecule is CCOC(=O)CCCCC[N+](CCCS(=O)(=O)[O-])=c1ccc2cc3c(oc-2c1)C=C(OCC)CC3(C)C. The Labute approximate surface area is 220 Å². The van der Waals surface area contributed by atoms with Crippen LogP contribution in [0.5, 0.6) is 0 Å². The number of carbonyl (C=O) groups excluding carboxylic acids is 1. The number of nitrogens with zero attached hydrogens (tertiary/aromatic N) is 1. The summed E-state index contributed by atoms with van der Waals surface area (Å²) < 4.78 is 52.7. The van der Waals surface area contributed by atoms with Gasteiger partial charge in [0.2, 0.25) is 5.36 Å². The van der Waals surface area contributed by atoms with Crippen molar-refractivity contribution in [1.29, 1.82) is 0 Å². The van der Waals surface area contributed by atoms with Gasteiger partial charge in [0.25, 0.3) is 0 Å². The fraction of sp³-hybridized carbons (Fsp3) is 0.571. The van der Waals surface area contributed by atoms with Crippen molar-refractivity contribution in [1.82, 2.24) is 4.58 Å². The van der Waals surface area contributed by atoms with Crippen LogP contribution in [0.15, 0.2) is 34.4 Å². The predicted octanol–water partition coefficient (Wildman–Crippen LogP) is 4.27. The highest BCUT2D eigenvalue weighted by atomic mass is 32.2. The second-order valence-corrected chi connectivity index (χ2v) is 11.6. The van der Waals surface area contributed by atoms with Gasteiger partial charge in [0.05, 0.1) is 29.4 Å². The van der Waals surface area contributed by atoms with Gasteiger partial charge in [-0.3, -0.25) is 4.79 Å². The van der Waals surface area contributed by atoms with Crippen LogP contribution < -0.4 is 9.93 Å². The van der Waals surface area contributed by atoms with Gasteiger partial charge in [-0.1, -0.05) is 13.8 Å². The Balaban J connectivity index is 1.89. The van der Waals surface area contributed by atoms with E-state index in [1.54, 1.807) is 6.92 Å². The highest BCUT2D eigenvalue weighted by molar-refractivity contribution is 7.85. The number of rotatable bonds is 13. The maximum absolute atomic E-state index is 11.6. The lowest BCUT2D eigenvalue weighted by Crippen LogP contribution is -2.33. The number of allylic oxidation sites excluding steroid dienone is 1. The molecule has 9 heteroatoms. The van der Waals surface area contributed by atoms with E-state index in [2.05, 4.69) is 24.5 Å². The van der Waals surface area contributed by atoms with E-state index in [0.29, 0.717) is 32.7 Å². The van der Waals surface area contributed by atoms with E-state index in [1.165, 1.54) is 0 Å². The van der Waals surface area contributed by atoms with Crippen molar-refractivity contribution in [3.8, 4) is 11.3 Å². The van der Waals surface area contributed by atoms with Crippen LogP contribution in [-0.4, -0.2) is 51.0 Å². The Morgan fingerprint density at radius 3 is 2.54 bits per heavy atom. The molecule has 3 rings (SSSR count). The van der Waals surface area contributed by atoms with E-state index in [4.69, 9.17) is 13.9 Å². The molecule has 204 valence electrons. The number of hydrogen-bond acceptors (Lipinski definition) is 7.